The normalized spacial score (nSPS) is 9.94. The number of nitrogens with two attached hydrogens (primary N) is 1. The van der Waals surface area contributed by atoms with Crippen LogP contribution in [0.1, 0.15) is 12.8 Å². The Labute approximate surface area is 114 Å². The fourth-order valence-corrected chi connectivity index (χ4v) is 1.85. The van der Waals surface area contributed by atoms with Crippen molar-refractivity contribution in [3.63, 3.8) is 0 Å². The van der Waals surface area contributed by atoms with Gasteiger partial charge in [0.1, 0.15) is 5.82 Å². The lowest BCUT2D eigenvalue weighted by molar-refractivity contribution is -0.122. The second-order valence-electron chi connectivity index (χ2n) is 3.93. The Hall–Kier alpha value is -1.63. The number of rotatable bonds is 5. The number of carbonyl (C=O) groups excluding carboxylic acids is 2. The van der Waals surface area contributed by atoms with Crippen molar-refractivity contribution in [1.29, 1.82) is 0 Å². The molecule has 1 aromatic rings. The smallest absolute Gasteiger partial charge is 0.226 e. The second kappa shape index (κ2) is 6.34. The zero-order valence-corrected chi connectivity index (χ0v) is 11.8. The molecule has 1 heterocycles. The maximum atomic E-state index is 11.5. The summed E-state index contributed by atoms with van der Waals surface area (Å²) >= 11 is 3.37. The predicted molar refractivity (Wildman–Crippen MR) is 73.3 cm³/mol. The van der Waals surface area contributed by atoms with E-state index < -0.39 is 5.91 Å². The van der Waals surface area contributed by atoms with Crippen molar-refractivity contribution in [2.24, 2.45) is 5.73 Å². The van der Waals surface area contributed by atoms with Gasteiger partial charge in [-0.1, -0.05) is 0 Å². The molecule has 7 heteroatoms. The molecule has 98 valence electrons. The van der Waals surface area contributed by atoms with Crippen LogP contribution in [0.25, 0.3) is 0 Å². The highest BCUT2D eigenvalue weighted by atomic mass is 79.9. The fraction of sp³-hybridized carbons (Fsp3) is 0.364. The molecule has 0 saturated carbocycles. The quantitative estimate of drug-likeness (QED) is 0.852. The number of nitrogens with zero attached hydrogens (tertiary/aromatic N) is 2. The van der Waals surface area contributed by atoms with Gasteiger partial charge in [-0.25, -0.2) is 4.98 Å². The van der Waals surface area contributed by atoms with E-state index in [-0.39, 0.29) is 18.7 Å². The van der Waals surface area contributed by atoms with Gasteiger partial charge in [0.25, 0.3) is 0 Å². The van der Waals surface area contributed by atoms with Crippen molar-refractivity contribution in [3.05, 3.63) is 16.7 Å². The average molecular weight is 315 g/mol. The van der Waals surface area contributed by atoms with Crippen LogP contribution in [-0.4, -0.2) is 30.9 Å². The minimum absolute atomic E-state index is 0.0307. The van der Waals surface area contributed by atoms with E-state index in [0.717, 1.165) is 10.2 Å². The number of carbonyl (C=O) groups is 2. The third-order valence-electron chi connectivity index (χ3n) is 2.18. The van der Waals surface area contributed by atoms with Gasteiger partial charge in [0.05, 0.1) is 10.2 Å². The van der Waals surface area contributed by atoms with Crippen LogP contribution in [0.2, 0.25) is 0 Å². The van der Waals surface area contributed by atoms with Crippen molar-refractivity contribution in [1.82, 2.24) is 4.98 Å². The van der Waals surface area contributed by atoms with Gasteiger partial charge in [-0.05, 0) is 15.9 Å². The second-order valence-corrected chi connectivity index (χ2v) is 4.78. The molecule has 18 heavy (non-hydrogen) atoms. The molecule has 1 aromatic heterocycles. The van der Waals surface area contributed by atoms with Gasteiger partial charge >= 0.3 is 0 Å². The van der Waals surface area contributed by atoms with Crippen molar-refractivity contribution < 1.29 is 9.59 Å². The van der Waals surface area contributed by atoms with Gasteiger partial charge in [0, 0.05) is 39.2 Å². The maximum Gasteiger partial charge on any atom is 0.226 e. The standard InChI is InChI=1S/C11H15BrN4O2/c1-16(2)8-5-10(14-6-7(8)12)15-11(18)4-3-9(13)17/h5-6H,3-4H2,1-2H3,(H2,13,17)(H,14,15,18). The van der Waals surface area contributed by atoms with E-state index in [4.69, 9.17) is 5.73 Å². The minimum Gasteiger partial charge on any atom is -0.377 e. The van der Waals surface area contributed by atoms with E-state index >= 15 is 0 Å². The van der Waals surface area contributed by atoms with Gasteiger partial charge in [-0.15, -0.1) is 0 Å². The van der Waals surface area contributed by atoms with Gasteiger partial charge in [0.15, 0.2) is 0 Å². The zero-order valence-electron chi connectivity index (χ0n) is 10.2. The lowest BCUT2D eigenvalue weighted by atomic mass is 10.3. The van der Waals surface area contributed by atoms with Crippen LogP contribution in [0.3, 0.4) is 0 Å². The van der Waals surface area contributed by atoms with Crippen LogP contribution in [0.4, 0.5) is 11.5 Å². The zero-order chi connectivity index (χ0) is 13.7. The lowest BCUT2D eigenvalue weighted by Gasteiger charge is -2.15. The number of pyridine rings is 1. The Morgan fingerprint density at radius 3 is 2.67 bits per heavy atom. The molecule has 0 radical (unpaired) electrons. The topological polar surface area (TPSA) is 88.3 Å². The number of aromatic nitrogens is 1. The first-order chi connectivity index (χ1) is 8.40. The van der Waals surface area contributed by atoms with Crippen LogP contribution in [0.5, 0.6) is 0 Å². The third-order valence-corrected chi connectivity index (χ3v) is 2.79. The number of halogens is 1. The number of anilines is 2. The third kappa shape index (κ3) is 4.33. The van der Waals surface area contributed by atoms with Crippen LogP contribution < -0.4 is 16.0 Å². The van der Waals surface area contributed by atoms with Gasteiger partial charge in [0.2, 0.25) is 11.8 Å². The molecule has 0 aliphatic carbocycles. The largest absolute Gasteiger partial charge is 0.377 e. The van der Waals surface area contributed by atoms with Crippen LogP contribution in [-0.2, 0) is 9.59 Å². The summed E-state index contributed by atoms with van der Waals surface area (Å²) in [6, 6.07) is 1.74. The number of hydrogen-bond donors (Lipinski definition) is 2. The highest BCUT2D eigenvalue weighted by molar-refractivity contribution is 9.10. The minimum atomic E-state index is -0.497. The number of nitrogens with one attached hydrogen (secondary N) is 1. The van der Waals surface area contributed by atoms with Crippen molar-refractivity contribution >= 4 is 39.2 Å². The first-order valence-electron chi connectivity index (χ1n) is 5.31. The molecule has 0 aliphatic rings. The maximum absolute atomic E-state index is 11.5. The molecule has 0 unspecified atom stereocenters. The lowest BCUT2D eigenvalue weighted by Crippen LogP contribution is -2.18. The molecular weight excluding hydrogens is 300 g/mol. The summed E-state index contributed by atoms with van der Waals surface area (Å²) in [6.07, 6.45) is 1.70. The van der Waals surface area contributed by atoms with E-state index in [0.29, 0.717) is 5.82 Å². The Kier molecular flexibility index (Phi) is 5.08. The highest BCUT2D eigenvalue weighted by Gasteiger charge is 2.08. The van der Waals surface area contributed by atoms with Crippen LogP contribution >= 0.6 is 15.9 Å². The Bertz CT molecular complexity index is 462. The summed E-state index contributed by atoms with van der Waals surface area (Å²) < 4.78 is 0.836. The molecule has 0 aliphatic heterocycles. The Balaban J connectivity index is 2.70. The first kappa shape index (κ1) is 14.4. The molecule has 1 rings (SSSR count). The monoisotopic (exact) mass is 314 g/mol. The van der Waals surface area contributed by atoms with Crippen LogP contribution in [0.15, 0.2) is 16.7 Å². The van der Waals surface area contributed by atoms with Crippen LogP contribution in [0, 0.1) is 0 Å². The summed E-state index contributed by atoms with van der Waals surface area (Å²) in [6.45, 7) is 0. The highest BCUT2D eigenvalue weighted by Crippen LogP contribution is 2.26. The van der Waals surface area contributed by atoms with E-state index in [9.17, 15) is 9.59 Å². The molecule has 0 spiro atoms. The number of amides is 2. The Morgan fingerprint density at radius 1 is 1.44 bits per heavy atom. The summed E-state index contributed by atoms with van der Waals surface area (Å²) in [7, 11) is 3.78. The van der Waals surface area contributed by atoms with E-state index in [1.165, 1.54) is 0 Å². The number of hydrogen-bond acceptors (Lipinski definition) is 4. The molecule has 0 bridgehead atoms. The molecule has 3 N–H and O–H groups in total. The molecule has 2 amide bonds. The van der Waals surface area contributed by atoms with E-state index in [1.54, 1.807) is 12.3 Å². The number of primary amides is 1. The summed E-state index contributed by atoms with van der Waals surface area (Å²) in [4.78, 5) is 28.0. The van der Waals surface area contributed by atoms with E-state index in [1.807, 2.05) is 19.0 Å². The summed E-state index contributed by atoms with van der Waals surface area (Å²) in [5, 5.41) is 2.61. The SMILES string of the molecule is CN(C)c1cc(NC(=O)CCC(N)=O)ncc1Br. The molecule has 0 saturated heterocycles. The van der Waals surface area contributed by atoms with Crippen molar-refractivity contribution in [2.45, 2.75) is 12.8 Å². The van der Waals surface area contributed by atoms with Gasteiger partial charge < -0.3 is 16.0 Å². The summed E-state index contributed by atoms with van der Waals surface area (Å²) in [5.41, 5.74) is 5.87. The van der Waals surface area contributed by atoms with Gasteiger partial charge in [-0.2, -0.15) is 0 Å². The van der Waals surface area contributed by atoms with Crippen molar-refractivity contribution in [2.75, 3.05) is 24.3 Å². The van der Waals surface area contributed by atoms with Gasteiger partial charge in [-0.3, -0.25) is 9.59 Å². The molecule has 6 nitrogen and oxygen atoms in total. The first-order valence-corrected chi connectivity index (χ1v) is 6.10. The predicted octanol–water partition coefficient (Wildman–Crippen LogP) is 1.11. The molecule has 0 fully saturated rings. The molecular formula is C11H15BrN4O2. The molecule has 0 atom stereocenters. The summed E-state index contributed by atoms with van der Waals surface area (Å²) in [5.74, 6) is -0.340. The van der Waals surface area contributed by atoms with E-state index in [2.05, 4.69) is 26.2 Å². The Morgan fingerprint density at radius 2 is 2.11 bits per heavy atom. The fourth-order valence-electron chi connectivity index (χ4n) is 1.28. The molecule has 0 aromatic carbocycles. The average Bonchev–Trinajstić information content (AvgIpc) is 2.28. The van der Waals surface area contributed by atoms with Crippen molar-refractivity contribution in [3.8, 4) is 0 Å².